The fourth-order valence-corrected chi connectivity index (χ4v) is 4.53. The zero-order valence-corrected chi connectivity index (χ0v) is 16.6. The first kappa shape index (κ1) is 19.8. The number of nitrogens with one attached hydrogen (secondary N) is 1. The number of rotatable bonds is 4. The van der Waals surface area contributed by atoms with Gasteiger partial charge in [0.05, 0.1) is 11.5 Å². The number of hydrogen-bond donors (Lipinski definition) is 1. The van der Waals surface area contributed by atoms with Crippen molar-refractivity contribution in [3.63, 3.8) is 0 Å². The second-order valence-corrected chi connectivity index (χ2v) is 8.24. The van der Waals surface area contributed by atoms with Gasteiger partial charge < -0.3 is 5.32 Å². The molecule has 1 saturated carbocycles. The largest absolute Gasteiger partial charge is 0.325 e. The lowest BCUT2D eigenvalue weighted by Gasteiger charge is -2.27. The van der Waals surface area contributed by atoms with E-state index in [9.17, 15) is 13.6 Å². The van der Waals surface area contributed by atoms with Gasteiger partial charge in [0, 0.05) is 11.3 Å². The van der Waals surface area contributed by atoms with Crippen molar-refractivity contribution in [2.75, 3.05) is 11.1 Å². The molecule has 29 heavy (non-hydrogen) atoms. The Kier molecular flexibility index (Phi) is 5.76. The van der Waals surface area contributed by atoms with Crippen molar-refractivity contribution in [3.8, 4) is 0 Å². The minimum Gasteiger partial charge on any atom is -0.325 e. The summed E-state index contributed by atoms with van der Waals surface area (Å²) in [4.78, 5) is 22.1. The Labute approximate surface area is 172 Å². The monoisotopic (exact) mass is 413 g/mol. The van der Waals surface area contributed by atoms with Crippen LogP contribution in [0.25, 0.3) is 0 Å². The highest BCUT2D eigenvalue weighted by atomic mass is 32.2. The van der Waals surface area contributed by atoms with Gasteiger partial charge in [-0.15, -0.1) is 0 Å². The molecule has 2 aromatic rings. The molecule has 0 aromatic heterocycles. The van der Waals surface area contributed by atoms with Crippen LogP contribution in [0.3, 0.4) is 0 Å². The summed E-state index contributed by atoms with van der Waals surface area (Å²) in [7, 11) is 0. The fraction of sp³-hybridized carbons (Fsp3) is 0.318. The van der Waals surface area contributed by atoms with E-state index >= 15 is 0 Å². The quantitative estimate of drug-likeness (QED) is 0.749. The SMILES string of the molecule is O=C(CSC1=NC2(CCCCC2)N=C1c1cccc(F)c1)Nc1ccc(F)cc1. The van der Waals surface area contributed by atoms with E-state index in [1.807, 2.05) is 6.07 Å². The number of halogens is 2. The van der Waals surface area contributed by atoms with Crippen LogP contribution in [0.2, 0.25) is 0 Å². The number of nitrogens with zero attached hydrogens (tertiary/aromatic N) is 2. The minimum absolute atomic E-state index is 0.140. The summed E-state index contributed by atoms with van der Waals surface area (Å²) in [5.74, 6) is -0.757. The van der Waals surface area contributed by atoms with E-state index in [1.54, 1.807) is 6.07 Å². The number of aliphatic imine (C=N–C) groups is 2. The molecule has 150 valence electrons. The predicted molar refractivity (Wildman–Crippen MR) is 114 cm³/mol. The third kappa shape index (κ3) is 4.72. The maximum absolute atomic E-state index is 13.8. The molecule has 4 nitrogen and oxygen atoms in total. The van der Waals surface area contributed by atoms with E-state index in [2.05, 4.69) is 5.32 Å². The van der Waals surface area contributed by atoms with E-state index in [0.29, 0.717) is 22.0 Å². The second-order valence-electron chi connectivity index (χ2n) is 7.27. The van der Waals surface area contributed by atoms with Crippen molar-refractivity contribution >= 4 is 34.1 Å². The van der Waals surface area contributed by atoms with Crippen molar-refractivity contribution in [1.82, 2.24) is 0 Å². The summed E-state index contributed by atoms with van der Waals surface area (Å²) in [6.45, 7) is 0. The maximum atomic E-state index is 13.8. The molecule has 1 spiro atoms. The number of hydrogen-bond acceptors (Lipinski definition) is 4. The van der Waals surface area contributed by atoms with Gasteiger partial charge in [-0.05, 0) is 62.1 Å². The number of anilines is 1. The third-order valence-electron chi connectivity index (χ3n) is 5.05. The van der Waals surface area contributed by atoms with E-state index in [4.69, 9.17) is 9.98 Å². The summed E-state index contributed by atoms with van der Waals surface area (Å²) in [5.41, 5.74) is 1.40. The van der Waals surface area contributed by atoms with E-state index in [-0.39, 0.29) is 23.3 Å². The Bertz CT molecular complexity index is 966. The molecule has 1 heterocycles. The van der Waals surface area contributed by atoms with Gasteiger partial charge in [-0.2, -0.15) is 0 Å². The lowest BCUT2D eigenvalue weighted by Crippen LogP contribution is -2.25. The molecule has 1 fully saturated rings. The van der Waals surface area contributed by atoms with Gasteiger partial charge in [0.15, 0.2) is 5.66 Å². The number of benzene rings is 2. The average molecular weight is 413 g/mol. The Morgan fingerprint density at radius 3 is 2.48 bits per heavy atom. The van der Waals surface area contributed by atoms with Crippen LogP contribution in [-0.2, 0) is 4.79 Å². The van der Waals surface area contributed by atoms with E-state index in [1.165, 1.54) is 54.6 Å². The summed E-state index contributed by atoms with van der Waals surface area (Å²) < 4.78 is 26.8. The van der Waals surface area contributed by atoms with Gasteiger partial charge in [0.25, 0.3) is 0 Å². The highest BCUT2D eigenvalue weighted by Gasteiger charge is 2.37. The van der Waals surface area contributed by atoms with Crippen molar-refractivity contribution in [2.45, 2.75) is 37.8 Å². The Hall–Kier alpha value is -2.54. The summed E-state index contributed by atoms with van der Waals surface area (Å²) in [5, 5.41) is 3.42. The van der Waals surface area contributed by atoms with Crippen molar-refractivity contribution in [2.24, 2.45) is 9.98 Å². The second kappa shape index (κ2) is 8.45. The molecule has 1 aliphatic carbocycles. The van der Waals surface area contributed by atoms with Crippen LogP contribution < -0.4 is 5.32 Å². The van der Waals surface area contributed by atoms with Crippen LogP contribution in [0.5, 0.6) is 0 Å². The highest BCUT2D eigenvalue weighted by Crippen LogP contribution is 2.38. The van der Waals surface area contributed by atoms with Crippen LogP contribution in [0.4, 0.5) is 14.5 Å². The molecule has 0 unspecified atom stereocenters. The zero-order valence-electron chi connectivity index (χ0n) is 15.8. The van der Waals surface area contributed by atoms with Gasteiger partial charge in [0.1, 0.15) is 16.7 Å². The number of amides is 1. The van der Waals surface area contributed by atoms with Crippen molar-refractivity contribution in [1.29, 1.82) is 0 Å². The molecule has 7 heteroatoms. The van der Waals surface area contributed by atoms with Crippen molar-refractivity contribution < 1.29 is 13.6 Å². The van der Waals surface area contributed by atoms with E-state index in [0.717, 1.165) is 25.7 Å². The van der Waals surface area contributed by atoms with Crippen LogP contribution in [0.1, 0.15) is 37.7 Å². The number of carbonyl (C=O) groups is 1. The molecule has 4 rings (SSSR count). The summed E-state index contributed by atoms with van der Waals surface area (Å²) in [6, 6.07) is 12.0. The maximum Gasteiger partial charge on any atom is 0.234 e. The van der Waals surface area contributed by atoms with Crippen LogP contribution in [-0.4, -0.2) is 28.1 Å². The van der Waals surface area contributed by atoms with E-state index < -0.39 is 5.66 Å². The highest BCUT2D eigenvalue weighted by molar-refractivity contribution is 8.16. The molecule has 2 aliphatic rings. The first-order valence-corrected chi connectivity index (χ1v) is 10.7. The molecular formula is C22H21F2N3OS. The van der Waals surface area contributed by atoms with Crippen molar-refractivity contribution in [3.05, 3.63) is 65.7 Å². The normalized spacial score (nSPS) is 17.7. The smallest absolute Gasteiger partial charge is 0.234 e. The van der Waals surface area contributed by atoms with Crippen LogP contribution >= 0.6 is 11.8 Å². The summed E-state index contributed by atoms with van der Waals surface area (Å²) in [6.07, 6.45) is 5.04. The molecule has 1 amide bonds. The zero-order chi connectivity index (χ0) is 20.3. The topological polar surface area (TPSA) is 53.8 Å². The van der Waals surface area contributed by atoms with Gasteiger partial charge >= 0.3 is 0 Å². The Morgan fingerprint density at radius 2 is 1.76 bits per heavy atom. The van der Waals surface area contributed by atoms with Gasteiger partial charge in [-0.25, -0.2) is 13.8 Å². The summed E-state index contributed by atoms with van der Waals surface area (Å²) >= 11 is 1.30. The van der Waals surface area contributed by atoms with Gasteiger partial charge in [-0.1, -0.05) is 30.3 Å². The molecule has 1 N–H and O–H groups in total. The van der Waals surface area contributed by atoms with Gasteiger partial charge in [0.2, 0.25) is 5.91 Å². The minimum atomic E-state index is -0.477. The molecular weight excluding hydrogens is 392 g/mol. The molecule has 2 aromatic carbocycles. The fourth-order valence-electron chi connectivity index (χ4n) is 3.65. The Balaban J connectivity index is 1.50. The first-order valence-electron chi connectivity index (χ1n) is 9.67. The molecule has 0 bridgehead atoms. The number of carbonyl (C=O) groups excluding carboxylic acids is 1. The van der Waals surface area contributed by atoms with Crippen LogP contribution in [0.15, 0.2) is 58.5 Å². The molecule has 0 atom stereocenters. The van der Waals surface area contributed by atoms with Crippen LogP contribution in [0, 0.1) is 11.6 Å². The van der Waals surface area contributed by atoms with Gasteiger partial charge in [-0.3, -0.25) is 9.79 Å². The standard InChI is InChI=1S/C22H21F2N3OS/c23-16-7-9-18(10-8-16)25-19(28)14-29-21-20(15-5-4-6-17(24)13-15)26-22(27-21)11-2-1-3-12-22/h4-10,13H,1-3,11-12,14H2,(H,25,28). The Morgan fingerprint density at radius 1 is 1.00 bits per heavy atom. The number of thioether (sulfide) groups is 1. The first-order chi connectivity index (χ1) is 14.0. The predicted octanol–water partition coefficient (Wildman–Crippen LogP) is 5.20. The average Bonchev–Trinajstić information content (AvgIpc) is 3.06. The third-order valence-corrected chi connectivity index (χ3v) is 6.02. The molecule has 0 saturated heterocycles. The molecule has 0 radical (unpaired) electrons. The molecule has 1 aliphatic heterocycles. The lowest BCUT2D eigenvalue weighted by molar-refractivity contribution is -0.113. The lowest BCUT2D eigenvalue weighted by atomic mass is 9.90.